The molecule has 0 spiro atoms. The number of halogens is 4. The van der Waals surface area contributed by atoms with Gasteiger partial charge in [-0.25, -0.2) is 14.4 Å². The van der Waals surface area contributed by atoms with Crippen molar-refractivity contribution in [2.45, 2.75) is 0 Å². The van der Waals surface area contributed by atoms with Gasteiger partial charge in [0.05, 0.1) is 14.5 Å². The molecule has 1 aromatic carbocycles. The minimum absolute atomic E-state index is 0.0508. The normalized spacial score (nSPS) is 10.4. The fraction of sp³-hybridized carbons (Fsp3) is 0. The van der Waals surface area contributed by atoms with E-state index in [9.17, 15) is 4.39 Å². The lowest BCUT2D eigenvalue weighted by Gasteiger charge is -2.08. The van der Waals surface area contributed by atoms with Crippen molar-refractivity contribution >= 4 is 50.6 Å². The second kappa shape index (κ2) is 5.16. The van der Waals surface area contributed by atoms with Crippen molar-refractivity contribution in [2.75, 3.05) is 5.32 Å². The monoisotopic (exact) mass is 335 g/mol. The predicted octanol–water partition coefficient (Wildman–Crippen LogP) is 4.43. The van der Waals surface area contributed by atoms with Crippen molar-refractivity contribution < 1.29 is 4.39 Å². The van der Waals surface area contributed by atoms with Crippen molar-refractivity contribution in [3.05, 3.63) is 45.0 Å². The molecule has 1 aromatic heterocycles. The Labute approximate surface area is 115 Å². The molecule has 1 N–H and O–H groups in total. The third-order valence-electron chi connectivity index (χ3n) is 1.91. The fourth-order valence-corrected chi connectivity index (χ4v) is 1.98. The Kier molecular flexibility index (Phi) is 3.81. The van der Waals surface area contributed by atoms with E-state index in [0.29, 0.717) is 16.0 Å². The van der Waals surface area contributed by atoms with E-state index in [-0.39, 0.29) is 10.0 Å². The van der Waals surface area contributed by atoms with Gasteiger partial charge in [-0.2, -0.15) is 0 Å². The lowest BCUT2D eigenvalue weighted by Crippen LogP contribution is -1.96. The van der Waals surface area contributed by atoms with Crippen LogP contribution in [0.2, 0.25) is 10.0 Å². The molecule has 0 aliphatic carbocycles. The average molecular weight is 337 g/mol. The van der Waals surface area contributed by atoms with E-state index in [1.165, 1.54) is 18.5 Å². The van der Waals surface area contributed by atoms with Crippen LogP contribution in [0.1, 0.15) is 0 Å². The van der Waals surface area contributed by atoms with Crippen LogP contribution in [0, 0.1) is 5.82 Å². The molecule has 0 bridgehead atoms. The first kappa shape index (κ1) is 12.5. The van der Waals surface area contributed by atoms with Crippen molar-refractivity contribution in [1.29, 1.82) is 0 Å². The van der Waals surface area contributed by atoms with Crippen LogP contribution in [0.15, 0.2) is 29.1 Å². The Balaban J connectivity index is 2.34. The number of aromatic nitrogens is 2. The highest BCUT2D eigenvalue weighted by Crippen LogP contribution is 2.30. The Morgan fingerprint density at radius 1 is 1.24 bits per heavy atom. The summed E-state index contributed by atoms with van der Waals surface area (Å²) in [5, 5.41) is 2.85. The van der Waals surface area contributed by atoms with E-state index in [4.69, 9.17) is 23.2 Å². The molecule has 0 unspecified atom stereocenters. The van der Waals surface area contributed by atoms with Crippen LogP contribution >= 0.6 is 39.1 Å². The van der Waals surface area contributed by atoms with Crippen LogP contribution in [0.25, 0.3) is 0 Å². The van der Waals surface area contributed by atoms with Gasteiger partial charge in [-0.1, -0.05) is 23.2 Å². The molecule has 0 fully saturated rings. The maximum Gasteiger partial charge on any atom is 0.160 e. The first-order valence-electron chi connectivity index (χ1n) is 4.45. The SMILES string of the molecule is Fc1c(Cl)cc(Nc2ncncc2Br)cc1Cl. The summed E-state index contributed by atoms with van der Waals surface area (Å²) >= 11 is 14.6. The second-order valence-electron chi connectivity index (χ2n) is 3.10. The Morgan fingerprint density at radius 2 is 1.88 bits per heavy atom. The van der Waals surface area contributed by atoms with Gasteiger partial charge in [-0.3, -0.25) is 0 Å². The number of rotatable bonds is 2. The van der Waals surface area contributed by atoms with Gasteiger partial charge in [-0.05, 0) is 28.1 Å². The highest BCUT2D eigenvalue weighted by Gasteiger charge is 2.09. The van der Waals surface area contributed by atoms with E-state index in [1.54, 1.807) is 6.20 Å². The summed E-state index contributed by atoms with van der Waals surface area (Å²) in [7, 11) is 0. The molecule has 0 atom stereocenters. The van der Waals surface area contributed by atoms with E-state index in [1.807, 2.05) is 0 Å². The summed E-state index contributed by atoms with van der Waals surface area (Å²) in [4.78, 5) is 7.83. The van der Waals surface area contributed by atoms with Gasteiger partial charge >= 0.3 is 0 Å². The predicted molar refractivity (Wildman–Crippen MR) is 69.4 cm³/mol. The van der Waals surface area contributed by atoms with Gasteiger partial charge in [0.25, 0.3) is 0 Å². The zero-order valence-corrected chi connectivity index (χ0v) is 11.3. The minimum Gasteiger partial charge on any atom is -0.339 e. The topological polar surface area (TPSA) is 37.8 Å². The highest BCUT2D eigenvalue weighted by molar-refractivity contribution is 9.10. The summed E-state index contributed by atoms with van der Waals surface area (Å²) in [6.45, 7) is 0. The van der Waals surface area contributed by atoms with Crippen LogP contribution in [-0.2, 0) is 0 Å². The Hall–Kier alpha value is -0.910. The Morgan fingerprint density at radius 3 is 2.47 bits per heavy atom. The van der Waals surface area contributed by atoms with E-state index in [0.717, 1.165) is 0 Å². The first-order chi connectivity index (χ1) is 8.08. The van der Waals surface area contributed by atoms with Gasteiger partial charge < -0.3 is 5.32 Å². The molecule has 1 heterocycles. The number of anilines is 2. The first-order valence-corrected chi connectivity index (χ1v) is 6.00. The van der Waals surface area contributed by atoms with Gasteiger partial charge in [-0.15, -0.1) is 0 Å². The number of hydrogen-bond acceptors (Lipinski definition) is 3. The third kappa shape index (κ3) is 2.86. The van der Waals surface area contributed by atoms with Crippen molar-refractivity contribution in [3.63, 3.8) is 0 Å². The van der Waals surface area contributed by atoms with Gasteiger partial charge in [0, 0.05) is 11.9 Å². The highest BCUT2D eigenvalue weighted by atomic mass is 79.9. The average Bonchev–Trinajstić information content (AvgIpc) is 2.29. The van der Waals surface area contributed by atoms with Crippen LogP contribution in [0.3, 0.4) is 0 Å². The van der Waals surface area contributed by atoms with Crippen molar-refractivity contribution in [1.82, 2.24) is 9.97 Å². The number of nitrogens with one attached hydrogen (secondary N) is 1. The Bertz CT molecular complexity index is 542. The zero-order valence-electron chi connectivity index (χ0n) is 8.22. The molecule has 0 aliphatic heterocycles. The summed E-state index contributed by atoms with van der Waals surface area (Å²) in [5.74, 6) is -0.0978. The molecule has 2 aromatic rings. The zero-order chi connectivity index (χ0) is 12.4. The summed E-state index contributed by atoms with van der Waals surface area (Å²) in [5.41, 5.74) is 0.542. The maximum atomic E-state index is 13.2. The molecule has 88 valence electrons. The van der Waals surface area contributed by atoms with Crippen LogP contribution in [-0.4, -0.2) is 9.97 Å². The van der Waals surface area contributed by atoms with E-state index in [2.05, 4.69) is 31.2 Å². The molecule has 0 amide bonds. The number of nitrogens with zero attached hydrogens (tertiary/aromatic N) is 2. The second-order valence-corrected chi connectivity index (χ2v) is 4.77. The quantitative estimate of drug-likeness (QED) is 0.824. The van der Waals surface area contributed by atoms with Gasteiger partial charge in [0.1, 0.15) is 12.1 Å². The molecule has 3 nitrogen and oxygen atoms in total. The largest absolute Gasteiger partial charge is 0.339 e. The standard InChI is InChI=1S/C10H5BrCl2FN3/c11-6-3-15-4-16-10(6)17-5-1-7(12)9(14)8(13)2-5/h1-4H,(H,15,16,17). The summed E-state index contributed by atoms with van der Waals surface area (Å²) in [6, 6.07) is 2.86. The van der Waals surface area contributed by atoms with Crippen LogP contribution in [0.4, 0.5) is 15.9 Å². The summed E-state index contributed by atoms with van der Waals surface area (Å²) < 4.78 is 13.9. The number of hydrogen-bond donors (Lipinski definition) is 1. The molecule has 2 rings (SSSR count). The van der Waals surface area contributed by atoms with Crippen LogP contribution < -0.4 is 5.32 Å². The smallest absolute Gasteiger partial charge is 0.160 e. The minimum atomic E-state index is -0.638. The van der Waals surface area contributed by atoms with Crippen molar-refractivity contribution in [3.8, 4) is 0 Å². The van der Waals surface area contributed by atoms with E-state index < -0.39 is 5.82 Å². The molecule has 7 heteroatoms. The third-order valence-corrected chi connectivity index (χ3v) is 3.04. The molecule has 0 saturated heterocycles. The molecule has 17 heavy (non-hydrogen) atoms. The van der Waals surface area contributed by atoms with E-state index >= 15 is 0 Å². The van der Waals surface area contributed by atoms with Gasteiger partial charge in [0.2, 0.25) is 0 Å². The molecule has 0 saturated carbocycles. The maximum absolute atomic E-state index is 13.2. The van der Waals surface area contributed by atoms with Crippen molar-refractivity contribution in [2.24, 2.45) is 0 Å². The number of benzene rings is 1. The molecular weight excluding hydrogens is 332 g/mol. The molecule has 0 aliphatic rings. The molecular formula is C10H5BrCl2FN3. The van der Waals surface area contributed by atoms with Gasteiger partial charge in [0.15, 0.2) is 5.82 Å². The fourth-order valence-electron chi connectivity index (χ4n) is 1.17. The summed E-state index contributed by atoms with van der Waals surface area (Å²) in [6.07, 6.45) is 2.97. The lowest BCUT2D eigenvalue weighted by molar-refractivity contribution is 0.629. The molecule has 0 radical (unpaired) electrons. The lowest BCUT2D eigenvalue weighted by atomic mass is 10.3. The van der Waals surface area contributed by atoms with Crippen LogP contribution in [0.5, 0.6) is 0 Å².